The van der Waals surface area contributed by atoms with E-state index in [1.807, 2.05) is 6.07 Å². The Kier molecular flexibility index (Phi) is 9.13. The highest BCUT2D eigenvalue weighted by molar-refractivity contribution is 6.69. The molecule has 0 saturated carbocycles. The second-order valence-corrected chi connectivity index (χ2v) is 15.6. The van der Waals surface area contributed by atoms with Crippen LogP contribution in [0.1, 0.15) is 60.7 Å². The van der Waals surface area contributed by atoms with Crippen LogP contribution in [0.25, 0.3) is 11.0 Å². The summed E-state index contributed by atoms with van der Waals surface area (Å²) in [4.78, 5) is 16.2. The molecular formula is C28H38F3N5O2Si. The summed E-state index contributed by atoms with van der Waals surface area (Å²) in [5.41, 5.74) is 0.971. The van der Waals surface area contributed by atoms with E-state index < -0.39 is 32.2 Å². The number of anilines is 1. The standard InChI is InChI=1S/C28H38F3N5O2Si/c1-17(20-8-7-9-21(24(20)29)25(30)31)32-26-23-16-22(28(37-3)35-27(23)34-18(2)33-26)19-10-12-36(13-11-19)14-15-38-39(4,5)6/h7-9,16-17,19,25H,10-15H2,1-6H3,(H,32,33,34,35). The molecule has 39 heavy (non-hydrogen) atoms. The van der Waals surface area contributed by atoms with Gasteiger partial charge in [-0.1, -0.05) is 18.2 Å². The van der Waals surface area contributed by atoms with Gasteiger partial charge >= 0.3 is 0 Å². The van der Waals surface area contributed by atoms with Crippen molar-refractivity contribution >= 4 is 25.2 Å². The van der Waals surface area contributed by atoms with E-state index >= 15 is 0 Å². The van der Waals surface area contributed by atoms with Crippen molar-refractivity contribution in [2.75, 3.05) is 38.7 Å². The first-order chi connectivity index (χ1) is 18.5. The molecule has 0 spiro atoms. The van der Waals surface area contributed by atoms with E-state index in [0.717, 1.165) is 50.7 Å². The van der Waals surface area contributed by atoms with Crippen molar-refractivity contribution in [2.45, 2.75) is 64.7 Å². The van der Waals surface area contributed by atoms with Crippen LogP contribution in [0.3, 0.4) is 0 Å². The molecular weight excluding hydrogens is 523 g/mol. The van der Waals surface area contributed by atoms with Gasteiger partial charge in [-0.05, 0) is 71.4 Å². The quantitative estimate of drug-likeness (QED) is 0.279. The van der Waals surface area contributed by atoms with Gasteiger partial charge in [0.25, 0.3) is 6.43 Å². The number of hydrogen-bond acceptors (Lipinski definition) is 7. The summed E-state index contributed by atoms with van der Waals surface area (Å²) in [5.74, 6) is 0.831. The van der Waals surface area contributed by atoms with Crippen molar-refractivity contribution in [3.8, 4) is 5.88 Å². The van der Waals surface area contributed by atoms with Gasteiger partial charge in [0.1, 0.15) is 17.5 Å². The lowest BCUT2D eigenvalue weighted by molar-refractivity contribution is 0.146. The molecule has 3 heterocycles. The Labute approximate surface area is 229 Å². The number of benzene rings is 1. The molecule has 0 bridgehead atoms. The first kappa shape index (κ1) is 29.2. The molecule has 4 rings (SSSR count). The summed E-state index contributed by atoms with van der Waals surface area (Å²) in [6.45, 7) is 13.6. The van der Waals surface area contributed by atoms with Gasteiger partial charge in [0.15, 0.2) is 14.0 Å². The van der Waals surface area contributed by atoms with Gasteiger partial charge in [-0.15, -0.1) is 0 Å². The van der Waals surface area contributed by atoms with E-state index in [4.69, 9.17) is 14.1 Å². The number of likely N-dealkylation sites (tertiary alicyclic amines) is 1. The Morgan fingerprint density at radius 1 is 1.10 bits per heavy atom. The molecule has 0 amide bonds. The largest absolute Gasteiger partial charge is 0.481 e. The van der Waals surface area contributed by atoms with E-state index in [-0.39, 0.29) is 11.5 Å². The molecule has 7 nitrogen and oxygen atoms in total. The second-order valence-electron chi connectivity index (χ2n) is 11.1. The molecule has 2 aromatic heterocycles. The summed E-state index contributed by atoms with van der Waals surface area (Å²) >= 11 is 0. The number of fused-ring (bicyclic) bond motifs is 1. The predicted octanol–water partition coefficient (Wildman–Crippen LogP) is 6.62. The fraction of sp³-hybridized carbons (Fsp3) is 0.536. The van der Waals surface area contributed by atoms with Gasteiger partial charge in [-0.3, -0.25) is 0 Å². The zero-order valence-corrected chi connectivity index (χ0v) is 24.5. The second kappa shape index (κ2) is 12.2. The monoisotopic (exact) mass is 561 g/mol. The van der Waals surface area contributed by atoms with Crippen LogP contribution in [-0.2, 0) is 4.43 Å². The van der Waals surface area contributed by atoms with Gasteiger partial charge < -0.3 is 19.4 Å². The molecule has 0 aliphatic carbocycles. The lowest BCUT2D eigenvalue weighted by Gasteiger charge is -2.33. The fourth-order valence-electron chi connectivity index (χ4n) is 5.03. The van der Waals surface area contributed by atoms with Gasteiger partial charge in [0.2, 0.25) is 5.88 Å². The van der Waals surface area contributed by atoms with Crippen LogP contribution in [0.5, 0.6) is 5.88 Å². The molecule has 3 aromatic rings. The Morgan fingerprint density at radius 2 is 1.79 bits per heavy atom. The van der Waals surface area contributed by atoms with E-state index in [2.05, 4.69) is 39.8 Å². The fourth-order valence-corrected chi connectivity index (χ4v) is 5.73. The number of pyridine rings is 1. The lowest BCUT2D eigenvalue weighted by atomic mass is 9.89. The van der Waals surface area contributed by atoms with Gasteiger partial charge in [0.05, 0.1) is 24.1 Å². The van der Waals surface area contributed by atoms with Gasteiger partial charge in [-0.25, -0.2) is 23.1 Å². The summed E-state index contributed by atoms with van der Waals surface area (Å²) in [5, 5.41) is 3.90. The van der Waals surface area contributed by atoms with Crippen molar-refractivity contribution in [3.63, 3.8) is 0 Å². The molecule has 11 heteroatoms. The van der Waals surface area contributed by atoms with Crippen molar-refractivity contribution in [1.82, 2.24) is 19.9 Å². The maximum Gasteiger partial charge on any atom is 0.266 e. The number of methoxy groups -OCH3 is 1. The number of nitrogens with one attached hydrogen (secondary N) is 1. The van der Waals surface area contributed by atoms with E-state index in [9.17, 15) is 13.2 Å². The third-order valence-corrected chi connectivity index (χ3v) is 8.14. The molecule has 1 aromatic carbocycles. The highest BCUT2D eigenvalue weighted by Gasteiger charge is 2.26. The average molecular weight is 562 g/mol. The van der Waals surface area contributed by atoms with E-state index in [0.29, 0.717) is 28.6 Å². The van der Waals surface area contributed by atoms with Crippen molar-refractivity contribution in [3.05, 3.63) is 52.6 Å². The van der Waals surface area contributed by atoms with Crippen molar-refractivity contribution in [2.24, 2.45) is 0 Å². The smallest absolute Gasteiger partial charge is 0.266 e. The van der Waals surface area contributed by atoms with Crippen LogP contribution in [0.2, 0.25) is 19.6 Å². The zero-order valence-electron chi connectivity index (χ0n) is 23.5. The Bertz CT molecular complexity index is 1300. The predicted molar refractivity (Wildman–Crippen MR) is 150 cm³/mol. The van der Waals surface area contributed by atoms with Crippen LogP contribution in [0.4, 0.5) is 19.0 Å². The normalized spacial score (nSPS) is 16.2. The molecule has 1 saturated heterocycles. The average Bonchev–Trinajstić information content (AvgIpc) is 2.87. The maximum atomic E-state index is 14.9. The van der Waals surface area contributed by atoms with Gasteiger partial charge in [-0.2, -0.15) is 4.98 Å². The molecule has 1 atom stereocenters. The number of aromatic nitrogens is 3. The van der Waals surface area contributed by atoms with Crippen molar-refractivity contribution in [1.29, 1.82) is 0 Å². The highest BCUT2D eigenvalue weighted by atomic mass is 28.4. The summed E-state index contributed by atoms with van der Waals surface area (Å²) in [7, 11) is 0.0817. The summed E-state index contributed by atoms with van der Waals surface area (Å²) in [6, 6.07) is 5.44. The third-order valence-electron chi connectivity index (χ3n) is 7.07. The van der Waals surface area contributed by atoms with Crippen molar-refractivity contribution < 1.29 is 22.3 Å². The Balaban J connectivity index is 1.58. The number of piperidine rings is 1. The molecule has 0 radical (unpaired) electrons. The van der Waals surface area contributed by atoms with Gasteiger partial charge in [0, 0.05) is 24.3 Å². The number of halogens is 3. The number of hydrogen-bond donors (Lipinski definition) is 1. The number of alkyl halides is 2. The molecule has 1 N–H and O–H groups in total. The van der Waals surface area contributed by atoms with Crippen LogP contribution >= 0.6 is 0 Å². The first-order valence-electron chi connectivity index (χ1n) is 13.4. The molecule has 1 unspecified atom stereocenters. The molecule has 1 aliphatic rings. The highest BCUT2D eigenvalue weighted by Crippen LogP contribution is 2.37. The minimum Gasteiger partial charge on any atom is -0.481 e. The van der Waals surface area contributed by atoms with Crippen LogP contribution < -0.4 is 10.1 Å². The third kappa shape index (κ3) is 7.06. The topological polar surface area (TPSA) is 72.4 Å². The summed E-state index contributed by atoms with van der Waals surface area (Å²) in [6.07, 6.45) is -0.986. The minimum atomic E-state index is -2.89. The summed E-state index contributed by atoms with van der Waals surface area (Å²) < 4.78 is 53.1. The molecule has 212 valence electrons. The zero-order chi connectivity index (χ0) is 28.3. The maximum absolute atomic E-state index is 14.9. The number of aryl methyl sites for hydroxylation is 1. The van der Waals surface area contributed by atoms with Crippen LogP contribution in [0, 0.1) is 12.7 Å². The Morgan fingerprint density at radius 3 is 2.44 bits per heavy atom. The Hall–Kier alpha value is -2.76. The number of nitrogens with zero attached hydrogens (tertiary/aromatic N) is 4. The first-order valence-corrected chi connectivity index (χ1v) is 16.8. The van der Waals surface area contributed by atoms with Crippen LogP contribution in [0.15, 0.2) is 24.3 Å². The van der Waals surface area contributed by atoms with Crippen LogP contribution in [-0.4, -0.2) is 61.5 Å². The SMILES string of the molecule is COc1nc2nc(C)nc(NC(C)c3cccc(C(F)F)c3F)c2cc1C1CCN(CCO[Si](C)(C)C)CC1. The van der Waals surface area contributed by atoms with E-state index in [1.54, 1.807) is 21.0 Å². The minimum absolute atomic E-state index is 0.143. The molecule has 1 fully saturated rings. The van der Waals surface area contributed by atoms with E-state index in [1.165, 1.54) is 12.1 Å². The number of ether oxygens (including phenoxy) is 1. The number of rotatable bonds is 10. The lowest BCUT2D eigenvalue weighted by Crippen LogP contribution is -2.37. The molecule has 1 aliphatic heterocycles.